The molecule has 25 heavy (non-hydrogen) atoms. The minimum Gasteiger partial charge on any atom is -0.478 e. The molecule has 1 heterocycles. The number of carboxylic acid groups (broad SMARTS) is 1. The van der Waals surface area contributed by atoms with Gasteiger partial charge in [0.1, 0.15) is 0 Å². The Morgan fingerprint density at radius 2 is 2.00 bits per heavy atom. The second-order valence-electron chi connectivity index (χ2n) is 6.37. The number of hydrogen-bond donors (Lipinski definition) is 2. The van der Waals surface area contributed by atoms with E-state index in [4.69, 9.17) is 23.2 Å². The van der Waals surface area contributed by atoms with Crippen LogP contribution in [-0.2, 0) is 0 Å². The monoisotopic (exact) mass is 437 g/mol. The van der Waals surface area contributed by atoms with E-state index >= 15 is 0 Å². The summed E-state index contributed by atoms with van der Waals surface area (Å²) in [7, 11) is 0. The van der Waals surface area contributed by atoms with Crippen molar-refractivity contribution < 1.29 is 9.90 Å². The van der Waals surface area contributed by atoms with Gasteiger partial charge in [-0.2, -0.15) is 0 Å². The van der Waals surface area contributed by atoms with Crippen molar-refractivity contribution in [2.24, 2.45) is 5.92 Å². The van der Waals surface area contributed by atoms with Gasteiger partial charge in [0, 0.05) is 10.4 Å². The molecule has 2 aromatic rings. The summed E-state index contributed by atoms with van der Waals surface area (Å²) in [5.41, 5.74) is 2.98. The Balaban J connectivity index is 1.86. The van der Waals surface area contributed by atoms with Gasteiger partial charge in [0.2, 0.25) is 0 Å². The number of carbonyl (C=O) groups is 1. The highest BCUT2D eigenvalue weighted by Crippen LogP contribution is 2.51. The maximum absolute atomic E-state index is 11.7. The summed E-state index contributed by atoms with van der Waals surface area (Å²) in [4.78, 5) is 11.7. The predicted molar refractivity (Wildman–Crippen MR) is 104 cm³/mol. The maximum Gasteiger partial charge on any atom is 0.337 e. The minimum absolute atomic E-state index is 0.0263. The van der Waals surface area contributed by atoms with Crippen molar-refractivity contribution in [2.45, 2.75) is 18.4 Å². The van der Waals surface area contributed by atoms with Crippen LogP contribution >= 0.6 is 39.1 Å². The van der Waals surface area contributed by atoms with Gasteiger partial charge in [-0.15, -0.1) is 0 Å². The Morgan fingerprint density at radius 3 is 2.72 bits per heavy atom. The molecule has 0 radical (unpaired) electrons. The lowest BCUT2D eigenvalue weighted by atomic mass is 9.76. The molecule has 0 amide bonds. The van der Waals surface area contributed by atoms with Crippen LogP contribution in [0, 0.1) is 5.92 Å². The summed E-state index contributed by atoms with van der Waals surface area (Å²) in [6.07, 6.45) is 5.27. The van der Waals surface area contributed by atoms with Gasteiger partial charge in [0.05, 0.1) is 27.3 Å². The van der Waals surface area contributed by atoms with Crippen LogP contribution in [0.15, 0.2) is 47.0 Å². The first kappa shape index (κ1) is 17.0. The molecular formula is C19H14BrCl2NO2. The van der Waals surface area contributed by atoms with E-state index in [0.717, 1.165) is 22.0 Å². The van der Waals surface area contributed by atoms with Gasteiger partial charge >= 0.3 is 5.97 Å². The summed E-state index contributed by atoms with van der Waals surface area (Å²) < 4.78 is 0.775. The third-order valence-electron chi connectivity index (χ3n) is 4.97. The number of aromatic carboxylic acids is 1. The smallest absolute Gasteiger partial charge is 0.337 e. The standard InChI is InChI=1S/C19H14BrCl2NO2/c20-10-7-13-11-2-1-3-12(11)17(9-4-5-15(21)16(22)6-9)23-18(13)14(8-10)19(24)25/h1-2,4-8,11-12,17,23H,3H2,(H,24,25)/t11-,12+,17+/m1/s1. The van der Waals surface area contributed by atoms with E-state index in [9.17, 15) is 9.90 Å². The summed E-state index contributed by atoms with van der Waals surface area (Å²) in [5, 5.41) is 14.1. The Morgan fingerprint density at radius 1 is 1.20 bits per heavy atom. The molecule has 3 nitrogen and oxygen atoms in total. The van der Waals surface area contributed by atoms with E-state index in [2.05, 4.69) is 33.4 Å². The first-order chi connectivity index (χ1) is 12.0. The van der Waals surface area contributed by atoms with Crippen molar-refractivity contribution in [3.63, 3.8) is 0 Å². The van der Waals surface area contributed by atoms with Gasteiger partial charge in [-0.05, 0) is 47.7 Å². The summed E-state index contributed by atoms with van der Waals surface area (Å²) in [6.45, 7) is 0. The molecule has 1 aliphatic carbocycles. The quantitative estimate of drug-likeness (QED) is 0.542. The number of nitrogens with one attached hydrogen (secondary N) is 1. The lowest BCUT2D eigenvalue weighted by molar-refractivity contribution is 0.0697. The third-order valence-corrected chi connectivity index (χ3v) is 6.16. The SMILES string of the molecule is O=C(O)c1cc(Br)cc2c1N[C@@H](c1ccc(Cl)c(Cl)c1)[C@H]1CC=C[C@@H]21. The first-order valence-corrected chi connectivity index (χ1v) is 9.45. The number of rotatable bonds is 2. The number of fused-ring (bicyclic) bond motifs is 3. The molecule has 0 saturated carbocycles. The molecule has 0 saturated heterocycles. The van der Waals surface area contributed by atoms with E-state index in [0.29, 0.717) is 21.7 Å². The zero-order valence-electron chi connectivity index (χ0n) is 13.0. The summed E-state index contributed by atoms with van der Waals surface area (Å²) in [5.74, 6) is -0.467. The van der Waals surface area contributed by atoms with Gasteiger partial charge in [-0.1, -0.05) is 57.4 Å². The van der Waals surface area contributed by atoms with E-state index in [-0.39, 0.29) is 17.5 Å². The average Bonchev–Trinajstić information content (AvgIpc) is 3.06. The minimum atomic E-state index is -0.946. The van der Waals surface area contributed by atoms with Gasteiger partial charge in [0.25, 0.3) is 0 Å². The van der Waals surface area contributed by atoms with E-state index in [1.54, 1.807) is 12.1 Å². The number of halogens is 3. The summed E-state index contributed by atoms with van der Waals surface area (Å²) in [6, 6.07) is 9.22. The van der Waals surface area contributed by atoms with Gasteiger partial charge < -0.3 is 10.4 Å². The third kappa shape index (κ3) is 2.86. The highest BCUT2D eigenvalue weighted by atomic mass is 79.9. The van der Waals surface area contributed by atoms with E-state index in [1.165, 1.54) is 0 Å². The molecule has 128 valence electrons. The molecule has 2 N–H and O–H groups in total. The van der Waals surface area contributed by atoms with Crippen molar-refractivity contribution >= 4 is 50.8 Å². The number of hydrogen-bond acceptors (Lipinski definition) is 2. The normalized spacial score (nSPS) is 23.7. The van der Waals surface area contributed by atoms with Crippen LogP contribution in [0.2, 0.25) is 10.0 Å². The Labute approximate surface area is 163 Å². The van der Waals surface area contributed by atoms with Crippen LogP contribution < -0.4 is 5.32 Å². The van der Waals surface area contributed by atoms with Crippen molar-refractivity contribution in [1.29, 1.82) is 0 Å². The number of benzene rings is 2. The Bertz CT molecular complexity index is 913. The molecule has 0 bridgehead atoms. The average molecular weight is 439 g/mol. The molecule has 3 atom stereocenters. The second-order valence-corrected chi connectivity index (χ2v) is 8.10. The van der Waals surface area contributed by atoms with Crippen molar-refractivity contribution in [1.82, 2.24) is 0 Å². The van der Waals surface area contributed by atoms with Crippen molar-refractivity contribution in [3.8, 4) is 0 Å². The van der Waals surface area contributed by atoms with Crippen molar-refractivity contribution in [2.75, 3.05) is 5.32 Å². The second kappa shape index (κ2) is 6.35. The molecule has 0 fully saturated rings. The van der Waals surface area contributed by atoms with Gasteiger partial charge in [0.15, 0.2) is 0 Å². The molecule has 2 aliphatic rings. The first-order valence-electron chi connectivity index (χ1n) is 7.90. The molecule has 0 aromatic heterocycles. The highest BCUT2D eigenvalue weighted by molar-refractivity contribution is 9.10. The fraction of sp³-hybridized carbons (Fsp3) is 0.211. The van der Waals surface area contributed by atoms with Crippen LogP contribution in [0.3, 0.4) is 0 Å². The maximum atomic E-state index is 11.7. The fourth-order valence-electron chi connectivity index (χ4n) is 3.87. The topological polar surface area (TPSA) is 49.3 Å². The largest absolute Gasteiger partial charge is 0.478 e. The number of anilines is 1. The molecule has 0 spiro atoms. The van der Waals surface area contributed by atoms with Crippen LogP contribution in [0.4, 0.5) is 5.69 Å². The molecule has 4 rings (SSSR count). The molecular weight excluding hydrogens is 425 g/mol. The Kier molecular flexibility index (Phi) is 4.30. The van der Waals surface area contributed by atoms with E-state index in [1.807, 2.05) is 18.2 Å². The van der Waals surface area contributed by atoms with Crippen LogP contribution in [0.5, 0.6) is 0 Å². The molecule has 0 unspecified atom stereocenters. The van der Waals surface area contributed by atoms with Crippen LogP contribution in [-0.4, -0.2) is 11.1 Å². The lowest BCUT2D eigenvalue weighted by Gasteiger charge is -2.38. The zero-order valence-corrected chi connectivity index (χ0v) is 16.1. The number of carboxylic acids is 1. The van der Waals surface area contributed by atoms with Crippen molar-refractivity contribution in [3.05, 3.63) is 73.7 Å². The van der Waals surface area contributed by atoms with Crippen LogP contribution in [0.25, 0.3) is 0 Å². The number of allylic oxidation sites excluding steroid dienone is 2. The molecule has 2 aromatic carbocycles. The van der Waals surface area contributed by atoms with Gasteiger partial charge in [-0.25, -0.2) is 4.79 Å². The predicted octanol–water partition coefficient (Wildman–Crippen LogP) is 6.28. The van der Waals surface area contributed by atoms with E-state index < -0.39 is 5.97 Å². The fourth-order valence-corrected chi connectivity index (χ4v) is 4.65. The molecule has 6 heteroatoms. The zero-order chi connectivity index (χ0) is 17.7. The highest BCUT2D eigenvalue weighted by Gasteiger charge is 2.39. The van der Waals surface area contributed by atoms with Gasteiger partial charge in [-0.3, -0.25) is 0 Å². The summed E-state index contributed by atoms with van der Waals surface area (Å²) >= 11 is 15.7. The Hall–Kier alpha value is -1.49. The molecule has 1 aliphatic heterocycles. The van der Waals surface area contributed by atoms with Crippen LogP contribution in [0.1, 0.15) is 39.9 Å². The lowest BCUT2D eigenvalue weighted by Crippen LogP contribution is -2.30.